The lowest BCUT2D eigenvalue weighted by molar-refractivity contribution is 0.101. The first kappa shape index (κ1) is 12.4. The Kier molecular flexibility index (Phi) is 3.78. The molecule has 2 rings (SSSR count). The minimum absolute atomic E-state index is 0.0843. The van der Waals surface area contributed by atoms with Gasteiger partial charge >= 0.3 is 0 Å². The van der Waals surface area contributed by atoms with Crippen LogP contribution in [0.2, 0.25) is 0 Å². The first-order valence-corrected chi connectivity index (χ1v) is 5.94. The van der Waals surface area contributed by atoms with E-state index in [1.165, 1.54) is 5.56 Å². The predicted molar refractivity (Wildman–Crippen MR) is 72.0 cm³/mol. The van der Waals surface area contributed by atoms with Crippen LogP contribution in [0.3, 0.4) is 0 Å². The molecule has 18 heavy (non-hydrogen) atoms. The number of ether oxygens (including phenoxy) is 1. The third-order valence-corrected chi connectivity index (χ3v) is 2.79. The zero-order valence-corrected chi connectivity index (χ0v) is 10.6. The first-order chi connectivity index (χ1) is 8.65. The van der Waals surface area contributed by atoms with E-state index < -0.39 is 0 Å². The van der Waals surface area contributed by atoms with Crippen LogP contribution in [0.5, 0.6) is 5.75 Å². The molecule has 0 fully saturated rings. The molecule has 0 aromatic heterocycles. The van der Waals surface area contributed by atoms with Gasteiger partial charge in [0, 0.05) is 5.56 Å². The molecule has 0 aliphatic carbocycles. The number of aryl methyl sites for hydroxylation is 1. The van der Waals surface area contributed by atoms with Crippen molar-refractivity contribution >= 4 is 5.78 Å². The third kappa shape index (κ3) is 3.20. The maximum Gasteiger partial charge on any atom is 0.159 e. The molecule has 2 nitrogen and oxygen atoms in total. The lowest BCUT2D eigenvalue weighted by Crippen LogP contribution is -1.97. The summed E-state index contributed by atoms with van der Waals surface area (Å²) in [4.78, 5) is 11.1. The molecule has 2 heteroatoms. The summed E-state index contributed by atoms with van der Waals surface area (Å²) in [7, 11) is 0. The molecule has 0 N–H and O–H groups in total. The molecule has 0 atom stereocenters. The van der Waals surface area contributed by atoms with E-state index in [0.29, 0.717) is 6.61 Å². The highest BCUT2D eigenvalue weighted by Crippen LogP contribution is 2.14. The Hall–Kier alpha value is -2.09. The van der Waals surface area contributed by atoms with Gasteiger partial charge in [0.2, 0.25) is 0 Å². The van der Waals surface area contributed by atoms with Gasteiger partial charge in [-0.25, -0.2) is 0 Å². The van der Waals surface area contributed by atoms with Crippen LogP contribution in [0.4, 0.5) is 0 Å². The Bertz CT molecular complexity index is 524. The maximum absolute atomic E-state index is 11.1. The third-order valence-electron chi connectivity index (χ3n) is 2.79. The van der Waals surface area contributed by atoms with Crippen molar-refractivity contribution in [1.29, 1.82) is 0 Å². The van der Waals surface area contributed by atoms with E-state index in [1.807, 2.05) is 55.5 Å². The van der Waals surface area contributed by atoms with Crippen LogP contribution in [0.15, 0.2) is 48.5 Å². The average Bonchev–Trinajstić information content (AvgIpc) is 2.38. The summed E-state index contributed by atoms with van der Waals surface area (Å²) in [6.07, 6.45) is 0. The van der Waals surface area contributed by atoms with Gasteiger partial charge in [0.1, 0.15) is 12.4 Å². The minimum Gasteiger partial charge on any atom is -0.489 e. The maximum atomic E-state index is 11.1. The Morgan fingerprint density at radius 3 is 2.17 bits per heavy atom. The molecule has 0 aliphatic heterocycles. The molecule has 0 radical (unpaired) electrons. The second kappa shape index (κ2) is 5.50. The smallest absolute Gasteiger partial charge is 0.159 e. The van der Waals surface area contributed by atoms with Gasteiger partial charge < -0.3 is 4.74 Å². The molecule has 0 saturated carbocycles. The molecule has 0 spiro atoms. The second-order valence-corrected chi connectivity index (χ2v) is 4.35. The standard InChI is InChI=1S/C16H16O2/c1-12-3-9-16(10-4-12)18-11-14-5-7-15(8-6-14)13(2)17/h3-10H,11H2,1-2H3. The molecule has 0 unspecified atom stereocenters. The fourth-order valence-electron chi connectivity index (χ4n) is 1.64. The van der Waals surface area contributed by atoms with E-state index in [9.17, 15) is 4.79 Å². The van der Waals surface area contributed by atoms with Crippen molar-refractivity contribution in [3.05, 3.63) is 65.2 Å². The van der Waals surface area contributed by atoms with Crippen LogP contribution in [0.25, 0.3) is 0 Å². The van der Waals surface area contributed by atoms with E-state index in [2.05, 4.69) is 0 Å². The Balaban J connectivity index is 1.97. The van der Waals surface area contributed by atoms with Crippen molar-refractivity contribution in [1.82, 2.24) is 0 Å². The average molecular weight is 240 g/mol. The lowest BCUT2D eigenvalue weighted by atomic mass is 10.1. The first-order valence-electron chi connectivity index (χ1n) is 5.94. The van der Waals surface area contributed by atoms with Crippen LogP contribution in [-0.4, -0.2) is 5.78 Å². The number of carbonyl (C=O) groups excluding carboxylic acids is 1. The SMILES string of the molecule is CC(=O)c1ccc(COc2ccc(C)cc2)cc1. The van der Waals surface area contributed by atoms with Gasteiger partial charge in [0.15, 0.2) is 5.78 Å². The lowest BCUT2D eigenvalue weighted by Gasteiger charge is -2.07. The molecule has 2 aromatic rings. The highest BCUT2D eigenvalue weighted by atomic mass is 16.5. The van der Waals surface area contributed by atoms with Gasteiger partial charge in [-0.3, -0.25) is 4.79 Å². The molecular weight excluding hydrogens is 224 g/mol. The molecule has 0 amide bonds. The summed E-state index contributed by atoms with van der Waals surface area (Å²) >= 11 is 0. The number of hydrogen-bond acceptors (Lipinski definition) is 2. The zero-order valence-electron chi connectivity index (χ0n) is 10.6. The molecule has 0 aliphatic rings. The van der Waals surface area contributed by atoms with Crippen molar-refractivity contribution in [2.45, 2.75) is 20.5 Å². The van der Waals surface area contributed by atoms with Gasteiger partial charge in [-0.05, 0) is 31.5 Å². The van der Waals surface area contributed by atoms with Crippen molar-refractivity contribution in [2.24, 2.45) is 0 Å². The van der Waals surface area contributed by atoms with Crippen LogP contribution >= 0.6 is 0 Å². The van der Waals surface area contributed by atoms with E-state index in [0.717, 1.165) is 16.9 Å². The monoisotopic (exact) mass is 240 g/mol. The van der Waals surface area contributed by atoms with E-state index >= 15 is 0 Å². The van der Waals surface area contributed by atoms with Crippen LogP contribution in [0.1, 0.15) is 28.4 Å². The summed E-state index contributed by atoms with van der Waals surface area (Å²) in [6, 6.07) is 15.5. The molecule has 0 heterocycles. The summed E-state index contributed by atoms with van der Waals surface area (Å²) in [5.41, 5.74) is 3.00. The van der Waals surface area contributed by atoms with Crippen molar-refractivity contribution < 1.29 is 9.53 Å². The van der Waals surface area contributed by atoms with Crippen LogP contribution < -0.4 is 4.74 Å². The Labute approximate surface area is 107 Å². The van der Waals surface area contributed by atoms with Crippen molar-refractivity contribution in [3.8, 4) is 5.75 Å². The molecule has 2 aromatic carbocycles. The minimum atomic E-state index is 0.0843. The second-order valence-electron chi connectivity index (χ2n) is 4.35. The Morgan fingerprint density at radius 1 is 1.00 bits per heavy atom. The van der Waals surface area contributed by atoms with Gasteiger partial charge in [-0.15, -0.1) is 0 Å². The van der Waals surface area contributed by atoms with Crippen molar-refractivity contribution in [3.63, 3.8) is 0 Å². The quantitative estimate of drug-likeness (QED) is 0.760. The van der Waals surface area contributed by atoms with Gasteiger partial charge in [0.05, 0.1) is 0 Å². The molecular formula is C16H16O2. The summed E-state index contributed by atoms with van der Waals surface area (Å²) < 4.78 is 5.66. The summed E-state index contributed by atoms with van der Waals surface area (Å²) in [6.45, 7) is 4.13. The zero-order chi connectivity index (χ0) is 13.0. The number of carbonyl (C=O) groups is 1. The van der Waals surface area contributed by atoms with Crippen LogP contribution in [-0.2, 0) is 6.61 Å². The fraction of sp³-hybridized carbons (Fsp3) is 0.188. The number of benzene rings is 2. The highest BCUT2D eigenvalue weighted by molar-refractivity contribution is 5.93. The number of hydrogen-bond donors (Lipinski definition) is 0. The Morgan fingerprint density at radius 2 is 1.61 bits per heavy atom. The fourth-order valence-corrected chi connectivity index (χ4v) is 1.64. The molecule has 92 valence electrons. The van der Waals surface area contributed by atoms with Crippen molar-refractivity contribution in [2.75, 3.05) is 0 Å². The normalized spacial score (nSPS) is 10.1. The highest BCUT2D eigenvalue weighted by Gasteiger charge is 2.00. The van der Waals surface area contributed by atoms with Crippen LogP contribution in [0, 0.1) is 6.92 Å². The largest absolute Gasteiger partial charge is 0.489 e. The summed E-state index contributed by atoms with van der Waals surface area (Å²) in [5.74, 6) is 0.942. The number of Topliss-reactive ketones (excluding diaryl/α,β-unsaturated/α-hetero) is 1. The van der Waals surface area contributed by atoms with Gasteiger partial charge in [-0.2, -0.15) is 0 Å². The number of ketones is 1. The van der Waals surface area contributed by atoms with E-state index in [1.54, 1.807) is 6.92 Å². The molecule has 0 bridgehead atoms. The summed E-state index contributed by atoms with van der Waals surface area (Å²) in [5, 5.41) is 0. The number of rotatable bonds is 4. The topological polar surface area (TPSA) is 26.3 Å². The predicted octanol–water partition coefficient (Wildman–Crippen LogP) is 3.78. The van der Waals surface area contributed by atoms with Gasteiger partial charge in [-0.1, -0.05) is 42.0 Å². The van der Waals surface area contributed by atoms with E-state index in [4.69, 9.17) is 4.74 Å². The van der Waals surface area contributed by atoms with E-state index in [-0.39, 0.29) is 5.78 Å². The van der Waals surface area contributed by atoms with Gasteiger partial charge in [0.25, 0.3) is 0 Å². The molecule has 0 saturated heterocycles.